The van der Waals surface area contributed by atoms with Crippen molar-refractivity contribution in [1.82, 2.24) is 13.4 Å². The summed E-state index contributed by atoms with van der Waals surface area (Å²) >= 11 is 0. The maximum absolute atomic E-state index is 13.0. The van der Waals surface area contributed by atoms with E-state index in [0.29, 0.717) is 23.3 Å². The topological polar surface area (TPSA) is 93.8 Å². The van der Waals surface area contributed by atoms with Gasteiger partial charge in [-0.1, -0.05) is 32.9 Å². The number of hydrogen-bond acceptors (Lipinski definition) is 5. The summed E-state index contributed by atoms with van der Waals surface area (Å²) in [5, 5.41) is 10.6. The van der Waals surface area contributed by atoms with E-state index >= 15 is 0 Å². The predicted octanol–water partition coefficient (Wildman–Crippen LogP) is 2.81. The van der Waals surface area contributed by atoms with Gasteiger partial charge >= 0.3 is 5.69 Å². The summed E-state index contributed by atoms with van der Waals surface area (Å²) < 4.78 is 35.0. The molecule has 2 aromatic carbocycles. The van der Waals surface area contributed by atoms with Crippen molar-refractivity contribution >= 4 is 21.1 Å². The molecule has 0 fully saturated rings. The molecular formula is C24H33N3O5S. The Morgan fingerprint density at radius 1 is 1.03 bits per heavy atom. The van der Waals surface area contributed by atoms with Crippen LogP contribution in [0.1, 0.15) is 33.3 Å². The molecule has 9 heteroatoms. The van der Waals surface area contributed by atoms with E-state index in [1.807, 2.05) is 31.2 Å². The van der Waals surface area contributed by atoms with Gasteiger partial charge in [-0.05, 0) is 48.2 Å². The Balaban J connectivity index is 1.85. The number of aromatic nitrogens is 2. The van der Waals surface area contributed by atoms with Gasteiger partial charge in [0.05, 0.1) is 22.5 Å². The Morgan fingerprint density at radius 3 is 2.21 bits per heavy atom. The minimum Gasteiger partial charge on any atom is -0.491 e. The van der Waals surface area contributed by atoms with Crippen LogP contribution in [-0.4, -0.2) is 53.8 Å². The lowest BCUT2D eigenvalue weighted by molar-refractivity contribution is 0.0924. The zero-order chi connectivity index (χ0) is 24.6. The molecule has 0 aliphatic heterocycles. The number of imidazole rings is 1. The minimum absolute atomic E-state index is 0.00418. The standard InChI is InChI=1S/C24H33N3O5S/c1-7-26-21-13-12-20(33(30,31)25(5)6)14-22(21)27(23(26)29)15-18(28)16-32-19-10-8-17(9-11-19)24(2,3)4/h8-14,18,28H,7,15-16H2,1-6H3. The zero-order valence-corrected chi connectivity index (χ0v) is 20.9. The van der Waals surface area contributed by atoms with Gasteiger partial charge in [-0.25, -0.2) is 17.5 Å². The largest absolute Gasteiger partial charge is 0.491 e. The number of nitrogens with zero attached hydrogens (tertiary/aromatic N) is 3. The van der Waals surface area contributed by atoms with Gasteiger partial charge in [0.2, 0.25) is 10.0 Å². The summed E-state index contributed by atoms with van der Waals surface area (Å²) in [6.45, 7) is 8.64. The number of sulfonamides is 1. The average molecular weight is 476 g/mol. The van der Waals surface area contributed by atoms with E-state index in [1.165, 1.54) is 36.4 Å². The van der Waals surface area contributed by atoms with Crippen molar-refractivity contribution < 1.29 is 18.3 Å². The van der Waals surface area contributed by atoms with Crippen molar-refractivity contribution in [3.05, 3.63) is 58.5 Å². The minimum atomic E-state index is -3.66. The van der Waals surface area contributed by atoms with Crippen LogP contribution in [0.3, 0.4) is 0 Å². The third-order valence-corrected chi connectivity index (χ3v) is 7.45. The van der Waals surface area contributed by atoms with E-state index in [1.54, 1.807) is 10.6 Å². The first-order chi connectivity index (χ1) is 15.4. The van der Waals surface area contributed by atoms with Crippen molar-refractivity contribution in [2.45, 2.75) is 57.2 Å². The second kappa shape index (κ2) is 9.32. The smallest absolute Gasteiger partial charge is 0.329 e. The monoisotopic (exact) mass is 475 g/mol. The molecule has 0 amide bonds. The first-order valence-electron chi connectivity index (χ1n) is 10.9. The molecule has 1 N–H and O–H groups in total. The van der Waals surface area contributed by atoms with Crippen LogP contribution in [0.2, 0.25) is 0 Å². The maximum Gasteiger partial charge on any atom is 0.329 e. The molecule has 0 saturated heterocycles. The lowest BCUT2D eigenvalue weighted by Crippen LogP contribution is -2.31. The predicted molar refractivity (Wildman–Crippen MR) is 129 cm³/mol. The highest BCUT2D eigenvalue weighted by molar-refractivity contribution is 7.89. The van der Waals surface area contributed by atoms with Crippen molar-refractivity contribution in [3.8, 4) is 5.75 Å². The molecule has 1 unspecified atom stereocenters. The summed E-state index contributed by atoms with van der Waals surface area (Å²) in [5.41, 5.74) is 1.98. The molecule has 1 atom stereocenters. The number of hydrogen-bond donors (Lipinski definition) is 1. The Morgan fingerprint density at radius 2 is 1.67 bits per heavy atom. The highest BCUT2D eigenvalue weighted by Gasteiger charge is 2.22. The van der Waals surface area contributed by atoms with Gasteiger partial charge in [-0.15, -0.1) is 0 Å². The molecule has 0 radical (unpaired) electrons. The third-order valence-electron chi connectivity index (χ3n) is 5.64. The van der Waals surface area contributed by atoms with Crippen LogP contribution in [0.15, 0.2) is 52.2 Å². The van der Waals surface area contributed by atoms with E-state index in [2.05, 4.69) is 20.8 Å². The molecule has 8 nitrogen and oxygen atoms in total. The fourth-order valence-electron chi connectivity index (χ4n) is 3.66. The van der Waals surface area contributed by atoms with E-state index in [0.717, 1.165) is 4.31 Å². The molecule has 0 bridgehead atoms. The molecule has 0 spiro atoms. The molecule has 33 heavy (non-hydrogen) atoms. The molecule has 0 aliphatic carbocycles. The highest BCUT2D eigenvalue weighted by Crippen LogP contribution is 2.25. The summed E-state index contributed by atoms with van der Waals surface area (Å²) in [5.74, 6) is 0.629. The second-order valence-electron chi connectivity index (χ2n) is 9.31. The van der Waals surface area contributed by atoms with Gasteiger partial charge in [0.15, 0.2) is 0 Å². The Kier molecular flexibility index (Phi) is 7.07. The third kappa shape index (κ3) is 5.15. The van der Waals surface area contributed by atoms with Crippen LogP contribution in [0.25, 0.3) is 11.0 Å². The fraction of sp³-hybridized carbons (Fsp3) is 0.458. The number of aryl methyl sites for hydroxylation is 1. The number of ether oxygens (including phenoxy) is 1. The van der Waals surface area contributed by atoms with Crippen LogP contribution in [0, 0.1) is 0 Å². The quantitative estimate of drug-likeness (QED) is 0.541. The second-order valence-corrected chi connectivity index (χ2v) is 11.5. The molecule has 0 saturated carbocycles. The molecule has 0 aliphatic rings. The van der Waals surface area contributed by atoms with Crippen LogP contribution in [0.4, 0.5) is 0 Å². The first kappa shape index (κ1) is 25.0. The highest BCUT2D eigenvalue weighted by atomic mass is 32.2. The Bertz CT molecular complexity index is 1280. The van der Waals surface area contributed by atoms with Crippen LogP contribution >= 0.6 is 0 Å². The van der Waals surface area contributed by atoms with E-state index in [4.69, 9.17) is 4.74 Å². The molecule has 1 heterocycles. The summed E-state index contributed by atoms with van der Waals surface area (Å²) in [4.78, 5) is 13.1. The Labute approximate surface area is 195 Å². The molecular weight excluding hydrogens is 442 g/mol. The van der Waals surface area contributed by atoms with Gasteiger partial charge in [0, 0.05) is 20.6 Å². The van der Waals surface area contributed by atoms with E-state index < -0.39 is 16.1 Å². The van der Waals surface area contributed by atoms with Crippen molar-refractivity contribution in [3.63, 3.8) is 0 Å². The lowest BCUT2D eigenvalue weighted by atomic mass is 9.87. The van der Waals surface area contributed by atoms with Crippen LogP contribution in [0.5, 0.6) is 5.75 Å². The van der Waals surface area contributed by atoms with Crippen molar-refractivity contribution in [1.29, 1.82) is 0 Å². The fourth-order valence-corrected chi connectivity index (χ4v) is 4.58. The van der Waals surface area contributed by atoms with Crippen LogP contribution < -0.4 is 10.4 Å². The molecule has 3 rings (SSSR count). The summed E-state index contributed by atoms with van der Waals surface area (Å²) in [6, 6.07) is 12.3. The molecule has 1 aromatic heterocycles. The maximum atomic E-state index is 13.0. The van der Waals surface area contributed by atoms with Gasteiger partial charge in [-0.3, -0.25) is 9.13 Å². The van der Waals surface area contributed by atoms with Crippen molar-refractivity contribution in [2.75, 3.05) is 20.7 Å². The summed E-state index contributed by atoms with van der Waals surface area (Å²) in [7, 11) is -0.748. The molecule has 3 aromatic rings. The number of rotatable bonds is 8. The number of aliphatic hydroxyl groups excluding tert-OH is 1. The summed E-state index contributed by atoms with van der Waals surface area (Å²) in [6.07, 6.45) is -0.963. The van der Waals surface area contributed by atoms with Gasteiger partial charge < -0.3 is 9.84 Å². The Hall–Kier alpha value is -2.62. The molecule has 180 valence electrons. The van der Waals surface area contributed by atoms with Gasteiger partial charge in [0.25, 0.3) is 0 Å². The van der Waals surface area contributed by atoms with Crippen molar-refractivity contribution in [2.24, 2.45) is 0 Å². The number of aliphatic hydroxyl groups is 1. The first-order valence-corrected chi connectivity index (χ1v) is 12.4. The van der Waals surface area contributed by atoms with Gasteiger partial charge in [0.1, 0.15) is 18.5 Å². The normalized spacial score (nSPS) is 13.6. The lowest BCUT2D eigenvalue weighted by Gasteiger charge is -2.19. The van der Waals surface area contributed by atoms with Crippen LogP contribution in [-0.2, 0) is 28.5 Å². The SMILES string of the molecule is CCn1c(=O)n(CC(O)COc2ccc(C(C)(C)C)cc2)c2cc(S(=O)(=O)N(C)C)ccc21. The van der Waals surface area contributed by atoms with Gasteiger partial charge in [-0.2, -0.15) is 0 Å². The average Bonchev–Trinajstić information content (AvgIpc) is 3.01. The number of fused-ring (bicyclic) bond motifs is 1. The zero-order valence-electron chi connectivity index (χ0n) is 20.1. The van der Waals surface area contributed by atoms with E-state index in [9.17, 15) is 18.3 Å². The number of benzene rings is 2. The van der Waals surface area contributed by atoms with E-state index in [-0.39, 0.29) is 29.2 Å².